The Bertz CT molecular complexity index is 588. The van der Waals surface area contributed by atoms with Crippen LogP contribution in [0, 0.1) is 5.82 Å². The van der Waals surface area contributed by atoms with Crippen molar-refractivity contribution < 1.29 is 4.39 Å². The molecule has 106 valence electrons. The molecule has 0 heterocycles. The van der Waals surface area contributed by atoms with Crippen LogP contribution in [-0.2, 0) is 0 Å². The highest BCUT2D eigenvalue weighted by Gasteiger charge is 2.08. The van der Waals surface area contributed by atoms with Crippen LogP contribution in [0.5, 0.6) is 0 Å². The molecule has 0 spiro atoms. The molecule has 1 nitrogen and oxygen atoms in total. The Labute approximate surface area is 132 Å². The molecule has 1 N–H and O–H groups in total. The highest BCUT2D eigenvalue weighted by atomic mass is 79.9. The first-order chi connectivity index (χ1) is 9.60. The van der Waals surface area contributed by atoms with Crippen molar-refractivity contribution in [2.75, 3.05) is 6.54 Å². The maximum atomic E-state index is 13.2. The van der Waals surface area contributed by atoms with Crippen molar-refractivity contribution in [3.05, 3.63) is 58.3 Å². The van der Waals surface area contributed by atoms with Crippen molar-refractivity contribution in [2.45, 2.75) is 29.7 Å². The van der Waals surface area contributed by atoms with Gasteiger partial charge in [0.05, 0.1) is 0 Å². The molecular weight excluding hydrogens is 337 g/mol. The second-order valence-corrected chi connectivity index (χ2v) is 6.50. The number of halogens is 2. The van der Waals surface area contributed by atoms with Gasteiger partial charge in [-0.15, -0.1) is 0 Å². The lowest BCUT2D eigenvalue weighted by Crippen LogP contribution is -2.17. The fraction of sp³-hybridized carbons (Fsp3) is 0.250. The third-order valence-corrected chi connectivity index (χ3v) is 4.97. The van der Waals surface area contributed by atoms with Crippen LogP contribution < -0.4 is 5.32 Å². The van der Waals surface area contributed by atoms with Crippen LogP contribution in [0.3, 0.4) is 0 Å². The van der Waals surface area contributed by atoms with Crippen molar-refractivity contribution in [1.82, 2.24) is 5.32 Å². The van der Waals surface area contributed by atoms with Crippen molar-refractivity contribution in [1.29, 1.82) is 0 Å². The first-order valence-corrected chi connectivity index (χ1v) is 8.17. The average Bonchev–Trinajstić information content (AvgIpc) is 2.41. The van der Waals surface area contributed by atoms with Gasteiger partial charge in [-0.1, -0.05) is 30.8 Å². The molecule has 0 aromatic heterocycles. The Balaban J connectivity index is 2.17. The topological polar surface area (TPSA) is 12.0 Å². The molecule has 0 aliphatic carbocycles. The third kappa shape index (κ3) is 4.08. The maximum absolute atomic E-state index is 13.2. The summed E-state index contributed by atoms with van der Waals surface area (Å²) in [5.74, 6) is -0.205. The van der Waals surface area contributed by atoms with E-state index in [4.69, 9.17) is 0 Å². The quantitative estimate of drug-likeness (QED) is 0.771. The van der Waals surface area contributed by atoms with Gasteiger partial charge >= 0.3 is 0 Å². The highest BCUT2D eigenvalue weighted by molar-refractivity contribution is 9.10. The summed E-state index contributed by atoms with van der Waals surface area (Å²) in [7, 11) is 0. The number of hydrogen-bond acceptors (Lipinski definition) is 2. The van der Waals surface area contributed by atoms with Crippen molar-refractivity contribution >= 4 is 27.7 Å². The molecule has 0 radical (unpaired) electrons. The van der Waals surface area contributed by atoms with Gasteiger partial charge in [0.2, 0.25) is 0 Å². The van der Waals surface area contributed by atoms with Gasteiger partial charge in [-0.05, 0) is 65.3 Å². The van der Waals surface area contributed by atoms with E-state index in [0.29, 0.717) is 6.04 Å². The van der Waals surface area contributed by atoms with Crippen LogP contribution >= 0.6 is 27.7 Å². The van der Waals surface area contributed by atoms with E-state index in [1.54, 1.807) is 23.9 Å². The van der Waals surface area contributed by atoms with Crippen LogP contribution in [0.15, 0.2) is 56.7 Å². The number of benzene rings is 2. The van der Waals surface area contributed by atoms with Gasteiger partial charge in [-0.25, -0.2) is 4.39 Å². The van der Waals surface area contributed by atoms with Crippen LogP contribution in [-0.4, -0.2) is 6.54 Å². The molecule has 1 atom stereocenters. The lowest BCUT2D eigenvalue weighted by Gasteiger charge is -2.14. The second-order valence-electron chi connectivity index (χ2n) is 4.53. The first kappa shape index (κ1) is 15.5. The summed E-state index contributed by atoms with van der Waals surface area (Å²) < 4.78 is 14.2. The van der Waals surface area contributed by atoms with E-state index in [1.807, 2.05) is 6.07 Å². The maximum Gasteiger partial charge on any atom is 0.124 e. The second kappa shape index (κ2) is 7.25. The molecule has 0 aliphatic rings. The minimum atomic E-state index is -0.205. The Morgan fingerprint density at radius 1 is 1.25 bits per heavy atom. The molecule has 20 heavy (non-hydrogen) atoms. The monoisotopic (exact) mass is 353 g/mol. The van der Waals surface area contributed by atoms with Crippen LogP contribution in [0.4, 0.5) is 4.39 Å². The molecule has 2 aromatic rings. The normalized spacial score (nSPS) is 12.4. The number of nitrogens with one attached hydrogen (secondary N) is 1. The summed E-state index contributed by atoms with van der Waals surface area (Å²) in [6.07, 6.45) is 0. The van der Waals surface area contributed by atoms with Gasteiger partial charge in [0.15, 0.2) is 0 Å². The Hall–Kier alpha value is -0.840. The summed E-state index contributed by atoms with van der Waals surface area (Å²) in [5, 5.41) is 3.39. The van der Waals surface area contributed by atoms with E-state index >= 15 is 0 Å². The van der Waals surface area contributed by atoms with E-state index in [2.05, 4.69) is 53.3 Å². The Kier molecular flexibility index (Phi) is 5.64. The van der Waals surface area contributed by atoms with E-state index in [1.165, 1.54) is 11.6 Å². The number of hydrogen-bond donors (Lipinski definition) is 1. The van der Waals surface area contributed by atoms with Crippen molar-refractivity contribution in [3.8, 4) is 0 Å². The predicted octanol–water partition coefficient (Wildman–Crippen LogP) is 5.41. The summed E-state index contributed by atoms with van der Waals surface area (Å²) in [5.41, 5.74) is 1.24. The molecule has 0 saturated carbocycles. The summed E-state index contributed by atoms with van der Waals surface area (Å²) in [6.45, 7) is 5.18. The highest BCUT2D eigenvalue weighted by Crippen LogP contribution is 2.35. The predicted molar refractivity (Wildman–Crippen MR) is 86.8 cm³/mol. The van der Waals surface area contributed by atoms with E-state index in [9.17, 15) is 4.39 Å². The minimum Gasteiger partial charge on any atom is -0.310 e. The summed E-state index contributed by atoms with van der Waals surface area (Å²) in [6, 6.07) is 13.3. The SMILES string of the molecule is CCNC(C)c1ccc(Sc2cccc(F)c2)c(Br)c1. The van der Waals surface area contributed by atoms with E-state index in [0.717, 1.165) is 20.8 Å². The molecule has 4 heteroatoms. The van der Waals surface area contributed by atoms with E-state index in [-0.39, 0.29) is 5.82 Å². The van der Waals surface area contributed by atoms with Crippen LogP contribution in [0.1, 0.15) is 25.5 Å². The first-order valence-electron chi connectivity index (χ1n) is 6.56. The largest absolute Gasteiger partial charge is 0.310 e. The lowest BCUT2D eigenvalue weighted by atomic mass is 10.1. The Morgan fingerprint density at radius 2 is 2.05 bits per heavy atom. The van der Waals surface area contributed by atoms with Crippen molar-refractivity contribution in [3.63, 3.8) is 0 Å². The average molecular weight is 354 g/mol. The molecule has 2 aromatic carbocycles. The lowest BCUT2D eigenvalue weighted by molar-refractivity contribution is 0.597. The zero-order chi connectivity index (χ0) is 14.5. The fourth-order valence-electron chi connectivity index (χ4n) is 1.95. The zero-order valence-corrected chi connectivity index (χ0v) is 13.9. The van der Waals surface area contributed by atoms with Crippen LogP contribution in [0.2, 0.25) is 0 Å². The molecule has 0 bridgehead atoms. The van der Waals surface area contributed by atoms with Crippen LogP contribution in [0.25, 0.3) is 0 Å². The molecule has 0 aliphatic heterocycles. The third-order valence-electron chi connectivity index (χ3n) is 2.99. The smallest absolute Gasteiger partial charge is 0.124 e. The van der Waals surface area contributed by atoms with Gasteiger partial charge < -0.3 is 5.32 Å². The zero-order valence-electron chi connectivity index (χ0n) is 11.5. The molecular formula is C16H17BrFNS. The van der Waals surface area contributed by atoms with Gasteiger partial charge in [-0.3, -0.25) is 0 Å². The minimum absolute atomic E-state index is 0.205. The molecule has 0 amide bonds. The Morgan fingerprint density at radius 3 is 2.70 bits per heavy atom. The standard InChI is InChI=1S/C16H17BrFNS/c1-3-19-11(2)12-7-8-16(15(17)9-12)20-14-6-4-5-13(18)10-14/h4-11,19H,3H2,1-2H3. The van der Waals surface area contributed by atoms with Gasteiger partial charge in [0.1, 0.15) is 5.82 Å². The molecule has 0 fully saturated rings. The molecule has 0 saturated heterocycles. The molecule has 2 rings (SSSR count). The van der Waals surface area contributed by atoms with Gasteiger partial charge in [0.25, 0.3) is 0 Å². The van der Waals surface area contributed by atoms with Gasteiger partial charge in [-0.2, -0.15) is 0 Å². The van der Waals surface area contributed by atoms with E-state index < -0.39 is 0 Å². The summed E-state index contributed by atoms with van der Waals surface area (Å²) >= 11 is 5.16. The summed E-state index contributed by atoms with van der Waals surface area (Å²) in [4.78, 5) is 1.99. The van der Waals surface area contributed by atoms with Crippen molar-refractivity contribution in [2.24, 2.45) is 0 Å². The fourth-order valence-corrected chi connectivity index (χ4v) is 3.45. The molecule has 1 unspecified atom stereocenters. The van der Waals surface area contributed by atoms with Gasteiger partial charge in [0, 0.05) is 20.3 Å². The number of rotatable bonds is 5.